The van der Waals surface area contributed by atoms with E-state index in [2.05, 4.69) is 13.0 Å². The summed E-state index contributed by atoms with van der Waals surface area (Å²) in [6.45, 7) is 6.59. The molecule has 1 aromatic carbocycles. The first-order chi connectivity index (χ1) is 9.11. The number of rotatable bonds is 1. The number of nitrogens with zero attached hydrogens (tertiary/aromatic N) is 2. The van der Waals surface area contributed by atoms with Gasteiger partial charge >= 0.3 is 0 Å². The molecule has 1 fully saturated rings. The molecule has 1 amide bonds. The maximum Gasteiger partial charge on any atom is 0.254 e. The molecule has 1 aliphatic rings. The number of nitriles is 1. The third-order valence-corrected chi connectivity index (χ3v) is 3.31. The molecule has 0 radical (unpaired) electrons. The van der Waals surface area contributed by atoms with Gasteiger partial charge in [0.15, 0.2) is 0 Å². The standard InChI is InChI=1S/C15H18N2O2/c1-11-9-17(5-6-19-10-11)15(18)14-4-3-13(8-16)7-12(14)2/h3-4,7,11H,5-6,9-10H2,1-2H3. The molecule has 1 saturated heterocycles. The zero-order chi connectivity index (χ0) is 13.8. The zero-order valence-corrected chi connectivity index (χ0v) is 11.3. The van der Waals surface area contributed by atoms with Crippen LogP contribution in [0.2, 0.25) is 0 Å². The summed E-state index contributed by atoms with van der Waals surface area (Å²) in [4.78, 5) is 14.3. The van der Waals surface area contributed by atoms with Crippen LogP contribution >= 0.6 is 0 Å². The van der Waals surface area contributed by atoms with Crippen molar-refractivity contribution < 1.29 is 9.53 Å². The van der Waals surface area contributed by atoms with Crippen molar-refractivity contribution in [2.75, 3.05) is 26.3 Å². The lowest BCUT2D eigenvalue weighted by molar-refractivity contribution is 0.0737. The van der Waals surface area contributed by atoms with E-state index in [9.17, 15) is 4.79 Å². The summed E-state index contributed by atoms with van der Waals surface area (Å²) in [5.74, 6) is 0.379. The highest BCUT2D eigenvalue weighted by molar-refractivity contribution is 5.95. The Bertz CT molecular complexity index is 519. The average Bonchev–Trinajstić information content (AvgIpc) is 2.62. The highest BCUT2D eigenvalue weighted by Gasteiger charge is 2.22. The Kier molecular flexibility index (Phi) is 4.18. The lowest BCUT2D eigenvalue weighted by Crippen LogP contribution is -2.35. The Morgan fingerprint density at radius 2 is 2.32 bits per heavy atom. The molecule has 0 spiro atoms. The number of aryl methyl sites for hydroxylation is 1. The van der Waals surface area contributed by atoms with Gasteiger partial charge in [-0.15, -0.1) is 0 Å². The van der Waals surface area contributed by atoms with Crippen molar-refractivity contribution in [2.45, 2.75) is 13.8 Å². The van der Waals surface area contributed by atoms with E-state index in [1.54, 1.807) is 18.2 Å². The maximum atomic E-state index is 12.5. The summed E-state index contributed by atoms with van der Waals surface area (Å²) in [5, 5.41) is 8.85. The van der Waals surface area contributed by atoms with E-state index in [0.717, 1.165) is 12.1 Å². The van der Waals surface area contributed by atoms with Crippen LogP contribution in [0.3, 0.4) is 0 Å². The lowest BCUT2D eigenvalue weighted by atomic mass is 10.0. The highest BCUT2D eigenvalue weighted by Crippen LogP contribution is 2.15. The van der Waals surface area contributed by atoms with Crippen molar-refractivity contribution in [3.8, 4) is 6.07 Å². The van der Waals surface area contributed by atoms with Crippen molar-refractivity contribution in [3.05, 3.63) is 34.9 Å². The second kappa shape index (κ2) is 5.85. The van der Waals surface area contributed by atoms with E-state index in [4.69, 9.17) is 10.00 Å². The maximum absolute atomic E-state index is 12.5. The predicted octanol–water partition coefficient (Wildman–Crippen LogP) is 1.98. The number of hydrogen-bond acceptors (Lipinski definition) is 3. The summed E-state index contributed by atoms with van der Waals surface area (Å²) in [7, 11) is 0. The van der Waals surface area contributed by atoms with Crippen molar-refractivity contribution in [1.82, 2.24) is 4.90 Å². The number of hydrogen-bond donors (Lipinski definition) is 0. The van der Waals surface area contributed by atoms with Crippen LogP contribution in [-0.2, 0) is 4.74 Å². The fraction of sp³-hybridized carbons (Fsp3) is 0.467. The van der Waals surface area contributed by atoms with Gasteiger partial charge in [-0.1, -0.05) is 6.92 Å². The van der Waals surface area contributed by atoms with E-state index in [0.29, 0.717) is 36.8 Å². The van der Waals surface area contributed by atoms with Crippen LogP contribution in [0.1, 0.15) is 28.4 Å². The van der Waals surface area contributed by atoms with Crippen LogP contribution in [-0.4, -0.2) is 37.1 Å². The Balaban J connectivity index is 2.21. The molecule has 1 aliphatic heterocycles. The van der Waals surface area contributed by atoms with Crippen LogP contribution in [0.4, 0.5) is 0 Å². The number of carbonyl (C=O) groups is 1. The van der Waals surface area contributed by atoms with Crippen molar-refractivity contribution >= 4 is 5.91 Å². The van der Waals surface area contributed by atoms with Crippen molar-refractivity contribution in [3.63, 3.8) is 0 Å². The fourth-order valence-electron chi connectivity index (χ4n) is 2.31. The third kappa shape index (κ3) is 3.12. The van der Waals surface area contributed by atoms with E-state index < -0.39 is 0 Å². The van der Waals surface area contributed by atoms with Gasteiger partial charge < -0.3 is 9.64 Å². The molecule has 4 heteroatoms. The smallest absolute Gasteiger partial charge is 0.254 e. The molecule has 2 rings (SSSR count). The van der Waals surface area contributed by atoms with Crippen LogP contribution in [0.5, 0.6) is 0 Å². The Morgan fingerprint density at radius 3 is 3.00 bits per heavy atom. The highest BCUT2D eigenvalue weighted by atomic mass is 16.5. The number of carbonyl (C=O) groups excluding carboxylic acids is 1. The molecule has 1 atom stereocenters. The minimum absolute atomic E-state index is 0.0272. The Labute approximate surface area is 113 Å². The quantitative estimate of drug-likeness (QED) is 0.774. The van der Waals surface area contributed by atoms with Gasteiger partial charge in [-0.05, 0) is 36.6 Å². The van der Waals surface area contributed by atoms with Gasteiger partial charge in [0.05, 0.1) is 24.8 Å². The molecule has 1 unspecified atom stereocenters. The van der Waals surface area contributed by atoms with Gasteiger partial charge in [-0.3, -0.25) is 4.79 Å². The molecule has 4 nitrogen and oxygen atoms in total. The molecular formula is C15H18N2O2. The summed E-state index contributed by atoms with van der Waals surface area (Å²) in [6.07, 6.45) is 0. The van der Waals surface area contributed by atoms with E-state index in [-0.39, 0.29) is 5.91 Å². The first kappa shape index (κ1) is 13.6. The fourth-order valence-corrected chi connectivity index (χ4v) is 2.31. The SMILES string of the molecule is Cc1cc(C#N)ccc1C(=O)N1CCOCC(C)C1. The van der Waals surface area contributed by atoms with Crippen molar-refractivity contribution in [1.29, 1.82) is 5.26 Å². The van der Waals surface area contributed by atoms with Gasteiger partial charge in [0.2, 0.25) is 0 Å². The van der Waals surface area contributed by atoms with Crippen LogP contribution in [0.25, 0.3) is 0 Å². The number of amides is 1. The summed E-state index contributed by atoms with van der Waals surface area (Å²) >= 11 is 0. The van der Waals surface area contributed by atoms with E-state index in [1.807, 2.05) is 11.8 Å². The minimum atomic E-state index is 0.0272. The monoisotopic (exact) mass is 258 g/mol. The zero-order valence-electron chi connectivity index (χ0n) is 11.3. The van der Waals surface area contributed by atoms with Gasteiger partial charge in [-0.25, -0.2) is 0 Å². The van der Waals surface area contributed by atoms with Crippen LogP contribution in [0, 0.1) is 24.2 Å². The van der Waals surface area contributed by atoms with Crippen molar-refractivity contribution in [2.24, 2.45) is 5.92 Å². The van der Waals surface area contributed by atoms with Gasteiger partial charge in [0, 0.05) is 18.7 Å². The van der Waals surface area contributed by atoms with Gasteiger partial charge in [0.25, 0.3) is 5.91 Å². The topological polar surface area (TPSA) is 53.3 Å². The average molecular weight is 258 g/mol. The molecule has 0 saturated carbocycles. The summed E-state index contributed by atoms with van der Waals surface area (Å²) < 4.78 is 5.45. The minimum Gasteiger partial charge on any atom is -0.379 e. The number of ether oxygens (including phenoxy) is 1. The normalized spacial score (nSPS) is 19.6. The molecule has 100 valence electrons. The molecule has 1 aromatic rings. The summed E-state index contributed by atoms with van der Waals surface area (Å²) in [5.41, 5.74) is 2.11. The number of benzene rings is 1. The van der Waals surface area contributed by atoms with Gasteiger partial charge in [0.1, 0.15) is 0 Å². The first-order valence-corrected chi connectivity index (χ1v) is 6.49. The Morgan fingerprint density at radius 1 is 1.53 bits per heavy atom. The molecule has 0 aromatic heterocycles. The van der Waals surface area contributed by atoms with E-state index in [1.165, 1.54) is 0 Å². The summed E-state index contributed by atoms with van der Waals surface area (Å²) in [6, 6.07) is 7.28. The molecule has 0 bridgehead atoms. The Hall–Kier alpha value is -1.86. The first-order valence-electron chi connectivity index (χ1n) is 6.49. The predicted molar refractivity (Wildman–Crippen MR) is 71.8 cm³/mol. The lowest BCUT2D eigenvalue weighted by Gasteiger charge is -2.22. The largest absolute Gasteiger partial charge is 0.379 e. The second-order valence-corrected chi connectivity index (χ2v) is 5.07. The molecular weight excluding hydrogens is 240 g/mol. The molecule has 0 N–H and O–H groups in total. The molecule has 19 heavy (non-hydrogen) atoms. The molecule has 0 aliphatic carbocycles. The van der Waals surface area contributed by atoms with Gasteiger partial charge in [-0.2, -0.15) is 5.26 Å². The molecule has 1 heterocycles. The van der Waals surface area contributed by atoms with Crippen LogP contribution in [0.15, 0.2) is 18.2 Å². The third-order valence-electron chi connectivity index (χ3n) is 3.31. The van der Waals surface area contributed by atoms with Crippen LogP contribution < -0.4 is 0 Å². The van der Waals surface area contributed by atoms with E-state index >= 15 is 0 Å². The second-order valence-electron chi connectivity index (χ2n) is 5.07.